The minimum Gasteiger partial charge on any atom is -0.497 e. The Labute approximate surface area is 160 Å². The molecule has 1 aromatic carbocycles. The zero-order chi connectivity index (χ0) is 19.2. The number of aromatic nitrogens is 2. The van der Waals surface area contributed by atoms with Crippen LogP contribution in [0.4, 0.5) is 0 Å². The van der Waals surface area contributed by atoms with Crippen LogP contribution in [-0.2, 0) is 11.2 Å². The Morgan fingerprint density at radius 3 is 2.63 bits per heavy atom. The SMILES string of the molecule is COc1ccc(CCC(=O)N2CCCN(C(C)c3nnc(C)o3)CC2)cc1. The van der Waals surface area contributed by atoms with Crippen molar-refractivity contribution in [3.8, 4) is 5.75 Å². The molecule has 1 aliphatic heterocycles. The Bertz CT molecular complexity index is 744. The minimum atomic E-state index is 0.0700. The van der Waals surface area contributed by atoms with Gasteiger partial charge in [-0.25, -0.2) is 0 Å². The number of ether oxygens (including phenoxy) is 1. The molecular weight excluding hydrogens is 344 g/mol. The van der Waals surface area contributed by atoms with Crippen molar-refractivity contribution in [1.29, 1.82) is 0 Å². The summed E-state index contributed by atoms with van der Waals surface area (Å²) in [4.78, 5) is 16.9. The highest BCUT2D eigenvalue weighted by Crippen LogP contribution is 2.21. The van der Waals surface area contributed by atoms with Crippen LogP contribution >= 0.6 is 0 Å². The van der Waals surface area contributed by atoms with E-state index in [-0.39, 0.29) is 11.9 Å². The van der Waals surface area contributed by atoms with Crippen molar-refractivity contribution in [2.24, 2.45) is 0 Å². The summed E-state index contributed by atoms with van der Waals surface area (Å²) in [5.41, 5.74) is 1.15. The number of aryl methyl sites for hydroxylation is 2. The van der Waals surface area contributed by atoms with Gasteiger partial charge < -0.3 is 14.1 Å². The molecule has 1 saturated heterocycles. The molecule has 0 N–H and O–H groups in total. The van der Waals surface area contributed by atoms with Crippen LogP contribution in [0, 0.1) is 6.92 Å². The van der Waals surface area contributed by atoms with Crippen LogP contribution in [0.5, 0.6) is 5.75 Å². The van der Waals surface area contributed by atoms with Gasteiger partial charge >= 0.3 is 0 Å². The van der Waals surface area contributed by atoms with Gasteiger partial charge in [-0.05, 0) is 37.5 Å². The molecule has 1 atom stereocenters. The summed E-state index contributed by atoms with van der Waals surface area (Å²) in [6, 6.07) is 7.98. The molecule has 27 heavy (non-hydrogen) atoms. The second-order valence-corrected chi connectivity index (χ2v) is 6.95. The van der Waals surface area contributed by atoms with Gasteiger partial charge in [-0.15, -0.1) is 10.2 Å². The molecule has 0 spiro atoms. The van der Waals surface area contributed by atoms with E-state index >= 15 is 0 Å². The zero-order valence-electron chi connectivity index (χ0n) is 16.4. The number of hydrogen-bond donors (Lipinski definition) is 0. The third-order valence-corrected chi connectivity index (χ3v) is 5.12. The Balaban J connectivity index is 1.50. The molecule has 1 fully saturated rings. The van der Waals surface area contributed by atoms with Gasteiger partial charge in [0.2, 0.25) is 17.7 Å². The summed E-state index contributed by atoms with van der Waals surface area (Å²) in [6.07, 6.45) is 2.23. The lowest BCUT2D eigenvalue weighted by molar-refractivity contribution is -0.131. The highest BCUT2D eigenvalue weighted by Gasteiger charge is 2.25. The van der Waals surface area contributed by atoms with E-state index in [1.165, 1.54) is 0 Å². The third-order valence-electron chi connectivity index (χ3n) is 5.12. The number of hydrogen-bond acceptors (Lipinski definition) is 6. The number of amides is 1. The maximum atomic E-state index is 12.6. The number of carbonyl (C=O) groups excluding carboxylic acids is 1. The van der Waals surface area contributed by atoms with E-state index in [1.807, 2.05) is 29.2 Å². The van der Waals surface area contributed by atoms with Gasteiger partial charge in [-0.2, -0.15) is 0 Å². The Morgan fingerprint density at radius 1 is 1.19 bits per heavy atom. The maximum Gasteiger partial charge on any atom is 0.233 e. The molecule has 1 unspecified atom stereocenters. The lowest BCUT2D eigenvalue weighted by Crippen LogP contribution is -2.36. The largest absolute Gasteiger partial charge is 0.497 e. The van der Waals surface area contributed by atoms with E-state index in [1.54, 1.807) is 14.0 Å². The smallest absolute Gasteiger partial charge is 0.233 e. The highest BCUT2D eigenvalue weighted by molar-refractivity contribution is 5.76. The molecule has 0 aliphatic carbocycles. The predicted molar refractivity (Wildman–Crippen MR) is 102 cm³/mol. The molecule has 7 nitrogen and oxygen atoms in total. The van der Waals surface area contributed by atoms with E-state index in [0.717, 1.165) is 50.3 Å². The van der Waals surface area contributed by atoms with Gasteiger partial charge in [0.15, 0.2) is 0 Å². The first-order valence-electron chi connectivity index (χ1n) is 9.51. The molecule has 0 radical (unpaired) electrons. The molecule has 2 heterocycles. The van der Waals surface area contributed by atoms with E-state index in [0.29, 0.717) is 18.2 Å². The van der Waals surface area contributed by atoms with Gasteiger partial charge in [0.25, 0.3) is 0 Å². The van der Waals surface area contributed by atoms with E-state index < -0.39 is 0 Å². The molecule has 146 valence electrons. The van der Waals surface area contributed by atoms with Crippen molar-refractivity contribution in [2.45, 2.75) is 39.2 Å². The zero-order valence-corrected chi connectivity index (χ0v) is 16.4. The maximum absolute atomic E-state index is 12.6. The number of carbonyl (C=O) groups is 1. The first kappa shape index (κ1) is 19.4. The summed E-state index contributed by atoms with van der Waals surface area (Å²) in [7, 11) is 1.65. The number of benzene rings is 1. The normalized spacial score (nSPS) is 16.8. The highest BCUT2D eigenvalue weighted by atomic mass is 16.5. The average Bonchev–Trinajstić information content (AvgIpc) is 2.98. The topological polar surface area (TPSA) is 71.7 Å². The molecule has 3 rings (SSSR count). The summed E-state index contributed by atoms with van der Waals surface area (Å²) in [6.45, 7) is 7.15. The molecule has 0 bridgehead atoms. The minimum absolute atomic E-state index is 0.0700. The Hall–Kier alpha value is -2.41. The molecule has 0 saturated carbocycles. The summed E-state index contributed by atoms with van der Waals surface area (Å²) in [5, 5.41) is 8.05. The fourth-order valence-corrected chi connectivity index (χ4v) is 3.41. The van der Waals surface area contributed by atoms with Crippen molar-refractivity contribution >= 4 is 5.91 Å². The van der Waals surface area contributed by atoms with Gasteiger partial charge in [0.05, 0.1) is 13.2 Å². The van der Waals surface area contributed by atoms with Crippen LogP contribution in [0.25, 0.3) is 0 Å². The van der Waals surface area contributed by atoms with Crippen LogP contribution in [0.15, 0.2) is 28.7 Å². The molecule has 2 aromatic rings. The van der Waals surface area contributed by atoms with Crippen molar-refractivity contribution in [1.82, 2.24) is 20.0 Å². The molecule has 1 aromatic heterocycles. The second-order valence-electron chi connectivity index (χ2n) is 6.95. The standard InChI is InChI=1S/C20H28N4O3/c1-15(20-22-21-16(2)27-20)23-11-4-12-24(14-13-23)19(25)10-7-17-5-8-18(26-3)9-6-17/h5-6,8-9,15H,4,7,10-14H2,1-3H3. The van der Waals surface area contributed by atoms with Crippen molar-refractivity contribution in [3.63, 3.8) is 0 Å². The fourth-order valence-electron chi connectivity index (χ4n) is 3.41. The summed E-state index contributed by atoms with van der Waals surface area (Å²) < 4.78 is 10.7. The van der Waals surface area contributed by atoms with Crippen LogP contribution in [-0.4, -0.2) is 59.2 Å². The summed E-state index contributed by atoms with van der Waals surface area (Å²) >= 11 is 0. The van der Waals surface area contributed by atoms with Gasteiger partial charge in [-0.1, -0.05) is 12.1 Å². The number of methoxy groups -OCH3 is 1. The lowest BCUT2D eigenvalue weighted by atomic mass is 10.1. The van der Waals surface area contributed by atoms with E-state index in [2.05, 4.69) is 22.0 Å². The van der Waals surface area contributed by atoms with Crippen molar-refractivity contribution in [2.75, 3.05) is 33.3 Å². The van der Waals surface area contributed by atoms with Crippen LogP contribution < -0.4 is 4.74 Å². The van der Waals surface area contributed by atoms with E-state index in [9.17, 15) is 4.79 Å². The second kappa shape index (κ2) is 8.99. The first-order chi connectivity index (χ1) is 13.1. The quantitative estimate of drug-likeness (QED) is 0.776. The van der Waals surface area contributed by atoms with Gasteiger partial charge in [0.1, 0.15) is 5.75 Å². The first-order valence-corrected chi connectivity index (χ1v) is 9.51. The average molecular weight is 372 g/mol. The molecule has 7 heteroatoms. The fraction of sp³-hybridized carbons (Fsp3) is 0.550. The van der Waals surface area contributed by atoms with Crippen molar-refractivity contribution in [3.05, 3.63) is 41.6 Å². The lowest BCUT2D eigenvalue weighted by Gasteiger charge is -2.25. The number of nitrogens with zero attached hydrogens (tertiary/aromatic N) is 4. The molecular formula is C20H28N4O3. The Morgan fingerprint density at radius 2 is 1.96 bits per heavy atom. The van der Waals surface area contributed by atoms with Crippen molar-refractivity contribution < 1.29 is 13.9 Å². The molecule has 1 amide bonds. The molecule has 1 aliphatic rings. The monoisotopic (exact) mass is 372 g/mol. The number of rotatable bonds is 6. The Kier molecular flexibility index (Phi) is 6.45. The summed E-state index contributed by atoms with van der Waals surface area (Å²) in [5.74, 6) is 2.28. The van der Waals surface area contributed by atoms with Gasteiger partial charge in [0, 0.05) is 39.5 Å². The third kappa shape index (κ3) is 5.07. The van der Waals surface area contributed by atoms with Crippen LogP contribution in [0.1, 0.15) is 43.2 Å². The van der Waals surface area contributed by atoms with Crippen LogP contribution in [0.3, 0.4) is 0 Å². The van der Waals surface area contributed by atoms with E-state index in [4.69, 9.17) is 9.15 Å². The predicted octanol–water partition coefficient (Wildman–Crippen LogP) is 2.61. The van der Waals surface area contributed by atoms with Crippen LogP contribution in [0.2, 0.25) is 0 Å². The van der Waals surface area contributed by atoms with Gasteiger partial charge in [-0.3, -0.25) is 9.69 Å².